The van der Waals surface area contributed by atoms with Crippen LogP contribution in [0.3, 0.4) is 0 Å². The summed E-state index contributed by atoms with van der Waals surface area (Å²) in [7, 11) is 2.81. The van der Waals surface area contributed by atoms with Gasteiger partial charge in [-0.2, -0.15) is 4.98 Å². The van der Waals surface area contributed by atoms with E-state index in [4.69, 9.17) is 4.74 Å². The highest BCUT2D eigenvalue weighted by atomic mass is 16.5. The fraction of sp³-hybridized carbons (Fsp3) is 0.444. The molecule has 0 radical (unpaired) electrons. The van der Waals surface area contributed by atoms with Gasteiger partial charge in [0.25, 0.3) is 0 Å². The lowest BCUT2D eigenvalue weighted by atomic mass is 10.2. The minimum absolute atomic E-state index is 0.0387. The van der Waals surface area contributed by atoms with Crippen molar-refractivity contribution in [3.05, 3.63) is 17.1 Å². The first-order chi connectivity index (χ1) is 7.26. The topological polar surface area (TPSA) is 73.3 Å². The predicted octanol–water partition coefficient (Wildman–Crippen LogP) is -0.125. The summed E-state index contributed by atoms with van der Waals surface area (Å²) in [5, 5.41) is 3.11. The monoisotopic (exact) mass is 209 g/mol. The average Bonchev–Trinajstić information content (AvgIpc) is 2.74. The third kappa shape index (κ3) is 1.63. The summed E-state index contributed by atoms with van der Waals surface area (Å²) in [6.45, 7) is 1.29. The normalized spacial score (nSPS) is 13.5. The first kappa shape index (κ1) is 9.85. The van der Waals surface area contributed by atoms with Crippen molar-refractivity contribution < 1.29 is 14.3 Å². The van der Waals surface area contributed by atoms with E-state index in [0.29, 0.717) is 19.0 Å². The SMILES string of the molecule is COC(=O)c1nc2c(c(OC)n1)CNC2. The standard InChI is InChI=1S/C9H11N3O3/c1-14-8-5-3-10-4-6(5)11-7(12-8)9(13)15-2/h10H,3-4H2,1-2H3. The highest BCUT2D eigenvalue weighted by Crippen LogP contribution is 2.22. The van der Waals surface area contributed by atoms with Crippen LogP contribution in [0.4, 0.5) is 0 Å². The van der Waals surface area contributed by atoms with E-state index in [-0.39, 0.29) is 5.82 Å². The van der Waals surface area contributed by atoms with Gasteiger partial charge in [-0.25, -0.2) is 9.78 Å². The molecule has 1 N–H and O–H groups in total. The molecule has 0 atom stereocenters. The molecule has 0 fully saturated rings. The molecule has 0 saturated heterocycles. The van der Waals surface area contributed by atoms with Gasteiger partial charge in [0.1, 0.15) is 0 Å². The summed E-state index contributed by atoms with van der Waals surface area (Å²) in [6, 6.07) is 0. The maximum atomic E-state index is 11.3. The average molecular weight is 209 g/mol. The van der Waals surface area contributed by atoms with E-state index in [0.717, 1.165) is 11.3 Å². The van der Waals surface area contributed by atoms with Gasteiger partial charge < -0.3 is 14.8 Å². The number of carbonyl (C=O) groups is 1. The number of hydrogen-bond acceptors (Lipinski definition) is 6. The number of methoxy groups -OCH3 is 2. The van der Waals surface area contributed by atoms with Crippen LogP contribution in [-0.2, 0) is 17.8 Å². The maximum Gasteiger partial charge on any atom is 0.376 e. The van der Waals surface area contributed by atoms with Gasteiger partial charge in [-0.15, -0.1) is 0 Å². The van der Waals surface area contributed by atoms with Crippen LogP contribution in [0.1, 0.15) is 21.9 Å². The van der Waals surface area contributed by atoms with Gasteiger partial charge in [0.05, 0.1) is 25.5 Å². The molecular weight excluding hydrogens is 198 g/mol. The molecule has 1 aromatic heterocycles. The van der Waals surface area contributed by atoms with E-state index in [1.807, 2.05) is 0 Å². The minimum atomic E-state index is -0.553. The molecular formula is C9H11N3O3. The lowest BCUT2D eigenvalue weighted by Gasteiger charge is -2.06. The summed E-state index contributed by atoms with van der Waals surface area (Å²) in [5.74, 6) is -0.0785. The quantitative estimate of drug-likeness (QED) is 0.684. The largest absolute Gasteiger partial charge is 0.481 e. The number of carbonyl (C=O) groups excluding carboxylic acids is 1. The first-order valence-corrected chi connectivity index (χ1v) is 4.49. The minimum Gasteiger partial charge on any atom is -0.481 e. The summed E-state index contributed by atoms with van der Waals surface area (Å²) in [5.41, 5.74) is 1.70. The second-order valence-corrected chi connectivity index (χ2v) is 3.08. The van der Waals surface area contributed by atoms with E-state index in [1.165, 1.54) is 14.2 Å². The van der Waals surface area contributed by atoms with Crippen molar-refractivity contribution in [2.75, 3.05) is 14.2 Å². The van der Waals surface area contributed by atoms with Gasteiger partial charge in [-0.05, 0) is 0 Å². The highest BCUT2D eigenvalue weighted by Gasteiger charge is 2.22. The fourth-order valence-corrected chi connectivity index (χ4v) is 1.49. The number of hydrogen-bond donors (Lipinski definition) is 1. The number of nitrogens with zero attached hydrogens (tertiary/aromatic N) is 2. The van der Waals surface area contributed by atoms with Crippen molar-refractivity contribution in [2.45, 2.75) is 13.1 Å². The molecule has 1 aliphatic heterocycles. The van der Waals surface area contributed by atoms with Crippen LogP contribution in [0.2, 0.25) is 0 Å². The summed E-state index contributed by atoms with van der Waals surface area (Å²) in [6.07, 6.45) is 0. The van der Waals surface area contributed by atoms with Crippen molar-refractivity contribution in [2.24, 2.45) is 0 Å². The van der Waals surface area contributed by atoms with Crippen molar-refractivity contribution in [3.63, 3.8) is 0 Å². The molecule has 0 bridgehead atoms. The van der Waals surface area contributed by atoms with Crippen LogP contribution in [0.25, 0.3) is 0 Å². The summed E-state index contributed by atoms with van der Waals surface area (Å²) >= 11 is 0. The third-order valence-corrected chi connectivity index (χ3v) is 2.21. The molecule has 0 spiro atoms. The van der Waals surface area contributed by atoms with Gasteiger partial charge in [0.2, 0.25) is 11.7 Å². The Bertz CT molecular complexity index is 406. The Hall–Kier alpha value is -1.69. The molecule has 1 aromatic rings. The number of rotatable bonds is 2. The van der Waals surface area contributed by atoms with E-state index in [2.05, 4.69) is 20.0 Å². The molecule has 80 valence electrons. The maximum absolute atomic E-state index is 11.3. The number of fused-ring (bicyclic) bond motifs is 1. The third-order valence-electron chi connectivity index (χ3n) is 2.21. The lowest BCUT2D eigenvalue weighted by molar-refractivity contribution is 0.0585. The van der Waals surface area contributed by atoms with Gasteiger partial charge in [-0.3, -0.25) is 0 Å². The molecule has 0 amide bonds. The lowest BCUT2D eigenvalue weighted by Crippen LogP contribution is -2.11. The smallest absolute Gasteiger partial charge is 0.376 e. The molecule has 0 saturated carbocycles. The van der Waals surface area contributed by atoms with Crippen molar-refractivity contribution in [3.8, 4) is 5.88 Å². The van der Waals surface area contributed by atoms with E-state index >= 15 is 0 Å². The van der Waals surface area contributed by atoms with Crippen LogP contribution in [0, 0.1) is 0 Å². The van der Waals surface area contributed by atoms with Gasteiger partial charge in [0.15, 0.2) is 0 Å². The molecule has 0 unspecified atom stereocenters. The van der Waals surface area contributed by atoms with E-state index < -0.39 is 5.97 Å². The summed E-state index contributed by atoms with van der Waals surface area (Å²) < 4.78 is 9.65. The second-order valence-electron chi connectivity index (χ2n) is 3.08. The second kappa shape index (κ2) is 3.82. The van der Waals surface area contributed by atoms with Gasteiger partial charge in [0, 0.05) is 13.1 Å². The Kier molecular flexibility index (Phi) is 2.51. The molecule has 6 nitrogen and oxygen atoms in total. The molecule has 0 aliphatic carbocycles. The predicted molar refractivity (Wildman–Crippen MR) is 50.5 cm³/mol. The number of aromatic nitrogens is 2. The molecule has 0 aromatic carbocycles. The Morgan fingerprint density at radius 2 is 2.13 bits per heavy atom. The molecule has 2 rings (SSSR count). The zero-order valence-corrected chi connectivity index (χ0v) is 8.53. The molecule has 2 heterocycles. The van der Waals surface area contributed by atoms with Gasteiger partial charge in [-0.1, -0.05) is 0 Å². The van der Waals surface area contributed by atoms with Crippen LogP contribution >= 0.6 is 0 Å². The van der Waals surface area contributed by atoms with E-state index in [1.54, 1.807) is 0 Å². The van der Waals surface area contributed by atoms with Crippen molar-refractivity contribution in [1.29, 1.82) is 0 Å². The van der Waals surface area contributed by atoms with Crippen LogP contribution < -0.4 is 10.1 Å². The van der Waals surface area contributed by atoms with Crippen LogP contribution in [0.15, 0.2) is 0 Å². The Balaban J connectivity index is 2.48. The Morgan fingerprint density at radius 3 is 2.80 bits per heavy atom. The number of nitrogens with one attached hydrogen (secondary N) is 1. The zero-order valence-electron chi connectivity index (χ0n) is 8.53. The molecule has 6 heteroatoms. The Morgan fingerprint density at radius 1 is 1.33 bits per heavy atom. The Labute approximate surface area is 86.6 Å². The van der Waals surface area contributed by atoms with E-state index in [9.17, 15) is 4.79 Å². The molecule has 15 heavy (non-hydrogen) atoms. The van der Waals surface area contributed by atoms with Gasteiger partial charge >= 0.3 is 5.97 Å². The molecule has 1 aliphatic rings. The number of esters is 1. The summed E-state index contributed by atoms with van der Waals surface area (Å²) in [4.78, 5) is 19.3. The van der Waals surface area contributed by atoms with Crippen LogP contribution in [-0.4, -0.2) is 30.2 Å². The number of ether oxygens (including phenoxy) is 2. The fourth-order valence-electron chi connectivity index (χ4n) is 1.49. The highest BCUT2D eigenvalue weighted by molar-refractivity contribution is 5.85. The van der Waals surface area contributed by atoms with Crippen LogP contribution in [0.5, 0.6) is 5.88 Å². The van der Waals surface area contributed by atoms with Crippen molar-refractivity contribution >= 4 is 5.97 Å². The van der Waals surface area contributed by atoms with Crippen molar-refractivity contribution in [1.82, 2.24) is 15.3 Å². The zero-order chi connectivity index (χ0) is 10.8. The first-order valence-electron chi connectivity index (χ1n) is 4.49.